The van der Waals surface area contributed by atoms with Gasteiger partial charge in [-0.25, -0.2) is 4.39 Å². The van der Waals surface area contributed by atoms with Crippen LogP contribution in [0.15, 0.2) is 48.5 Å². The molecular weight excluding hydrogens is 229 g/mol. The molecule has 94 valence electrons. The summed E-state index contributed by atoms with van der Waals surface area (Å²) in [6, 6.07) is 13.8. The molecule has 0 unspecified atom stereocenters. The van der Waals surface area contributed by atoms with Crippen LogP contribution in [0.1, 0.15) is 12.5 Å². The van der Waals surface area contributed by atoms with Crippen molar-refractivity contribution in [1.29, 1.82) is 0 Å². The molecule has 0 fully saturated rings. The summed E-state index contributed by atoms with van der Waals surface area (Å²) in [6.07, 6.45) is 0. The fraction of sp³-hybridized carbons (Fsp3) is 0.200. The van der Waals surface area contributed by atoms with Crippen LogP contribution in [0.25, 0.3) is 0 Å². The summed E-state index contributed by atoms with van der Waals surface area (Å²) in [5.41, 5.74) is 1.21. The first-order valence-electron chi connectivity index (χ1n) is 6.01. The van der Waals surface area contributed by atoms with Gasteiger partial charge in [0.05, 0.1) is 0 Å². The number of hydrogen-bond acceptors (Lipinski definition) is 2. The van der Waals surface area contributed by atoms with Gasteiger partial charge in [-0.3, -0.25) is 0 Å². The van der Waals surface area contributed by atoms with Gasteiger partial charge in [-0.15, -0.1) is 0 Å². The van der Waals surface area contributed by atoms with Crippen LogP contribution in [0.5, 0.6) is 11.5 Å². The first-order valence-corrected chi connectivity index (χ1v) is 6.01. The maximum absolute atomic E-state index is 12.7. The van der Waals surface area contributed by atoms with Gasteiger partial charge in [0, 0.05) is 6.54 Å². The number of nitrogens with one attached hydrogen (secondary N) is 1. The van der Waals surface area contributed by atoms with Crippen LogP contribution < -0.4 is 10.1 Å². The van der Waals surface area contributed by atoms with Crippen molar-refractivity contribution in [2.24, 2.45) is 0 Å². The van der Waals surface area contributed by atoms with Crippen LogP contribution in [0, 0.1) is 5.82 Å². The molecule has 0 radical (unpaired) electrons. The van der Waals surface area contributed by atoms with Crippen LogP contribution in [0.2, 0.25) is 0 Å². The van der Waals surface area contributed by atoms with Crippen molar-refractivity contribution in [3.05, 3.63) is 59.9 Å². The van der Waals surface area contributed by atoms with E-state index in [1.165, 1.54) is 17.7 Å². The summed E-state index contributed by atoms with van der Waals surface area (Å²) in [5.74, 6) is 1.13. The highest BCUT2D eigenvalue weighted by atomic mass is 19.1. The summed E-state index contributed by atoms with van der Waals surface area (Å²) < 4.78 is 18.3. The van der Waals surface area contributed by atoms with Crippen molar-refractivity contribution < 1.29 is 9.13 Å². The molecule has 0 saturated carbocycles. The number of halogens is 1. The molecule has 0 amide bonds. The molecule has 1 N–H and O–H groups in total. The Kier molecular flexibility index (Phi) is 4.31. The second kappa shape index (κ2) is 6.17. The van der Waals surface area contributed by atoms with E-state index in [0.717, 1.165) is 18.8 Å². The molecule has 0 aromatic heterocycles. The van der Waals surface area contributed by atoms with Crippen molar-refractivity contribution in [2.45, 2.75) is 13.5 Å². The maximum Gasteiger partial charge on any atom is 0.127 e. The largest absolute Gasteiger partial charge is 0.457 e. The normalized spacial score (nSPS) is 10.3. The molecule has 0 bridgehead atoms. The standard InChI is InChI=1S/C15H16FNO/c1-2-17-11-12-3-7-14(8-4-12)18-15-9-5-13(16)6-10-15/h3-10,17H,2,11H2,1H3. The highest BCUT2D eigenvalue weighted by Crippen LogP contribution is 2.21. The van der Waals surface area contributed by atoms with Crippen LogP contribution in [0.3, 0.4) is 0 Å². The average Bonchev–Trinajstić information content (AvgIpc) is 2.41. The minimum atomic E-state index is -0.261. The van der Waals surface area contributed by atoms with Gasteiger partial charge in [0.2, 0.25) is 0 Å². The molecule has 2 aromatic rings. The molecule has 0 spiro atoms. The Hall–Kier alpha value is -1.87. The lowest BCUT2D eigenvalue weighted by Crippen LogP contribution is -2.11. The van der Waals surface area contributed by atoms with Gasteiger partial charge < -0.3 is 10.1 Å². The van der Waals surface area contributed by atoms with Crippen molar-refractivity contribution in [3.63, 3.8) is 0 Å². The van der Waals surface area contributed by atoms with E-state index in [9.17, 15) is 4.39 Å². The summed E-state index contributed by atoms with van der Waals surface area (Å²) in [7, 11) is 0. The van der Waals surface area contributed by atoms with Gasteiger partial charge in [-0.1, -0.05) is 19.1 Å². The maximum atomic E-state index is 12.7. The first-order chi connectivity index (χ1) is 8.78. The van der Waals surface area contributed by atoms with Crippen molar-refractivity contribution in [1.82, 2.24) is 5.32 Å². The Labute approximate surface area is 106 Å². The van der Waals surface area contributed by atoms with Gasteiger partial charge in [0.15, 0.2) is 0 Å². The Morgan fingerprint density at radius 1 is 0.944 bits per heavy atom. The Morgan fingerprint density at radius 3 is 2.06 bits per heavy atom. The van der Waals surface area contributed by atoms with Crippen molar-refractivity contribution >= 4 is 0 Å². The van der Waals surface area contributed by atoms with E-state index in [0.29, 0.717) is 5.75 Å². The van der Waals surface area contributed by atoms with E-state index in [4.69, 9.17) is 4.74 Å². The van der Waals surface area contributed by atoms with Gasteiger partial charge in [-0.05, 0) is 48.5 Å². The quantitative estimate of drug-likeness (QED) is 0.866. The van der Waals surface area contributed by atoms with E-state index in [-0.39, 0.29) is 5.82 Å². The summed E-state index contributed by atoms with van der Waals surface area (Å²) >= 11 is 0. The Bertz CT molecular complexity index is 479. The molecule has 0 heterocycles. The molecule has 0 aliphatic heterocycles. The lowest BCUT2D eigenvalue weighted by Gasteiger charge is -2.07. The lowest BCUT2D eigenvalue weighted by molar-refractivity contribution is 0.480. The summed E-state index contributed by atoms with van der Waals surface area (Å²) in [6.45, 7) is 3.88. The van der Waals surface area contributed by atoms with E-state index >= 15 is 0 Å². The number of hydrogen-bond donors (Lipinski definition) is 1. The topological polar surface area (TPSA) is 21.3 Å². The Balaban J connectivity index is 1.99. The van der Waals surface area contributed by atoms with E-state index in [2.05, 4.69) is 12.2 Å². The lowest BCUT2D eigenvalue weighted by atomic mass is 10.2. The number of rotatable bonds is 5. The summed E-state index contributed by atoms with van der Waals surface area (Å²) in [5, 5.41) is 3.26. The molecule has 2 aromatic carbocycles. The monoisotopic (exact) mass is 245 g/mol. The first kappa shape index (κ1) is 12.6. The van der Waals surface area contributed by atoms with Crippen molar-refractivity contribution in [3.8, 4) is 11.5 Å². The van der Waals surface area contributed by atoms with Gasteiger partial charge >= 0.3 is 0 Å². The molecule has 3 heteroatoms. The molecule has 0 aliphatic carbocycles. The zero-order valence-corrected chi connectivity index (χ0v) is 10.3. The highest BCUT2D eigenvalue weighted by Gasteiger charge is 1.98. The van der Waals surface area contributed by atoms with E-state index in [1.54, 1.807) is 12.1 Å². The molecule has 0 atom stereocenters. The van der Waals surface area contributed by atoms with Crippen LogP contribution in [-0.2, 0) is 6.54 Å². The molecule has 2 rings (SSSR count). The smallest absolute Gasteiger partial charge is 0.127 e. The molecule has 18 heavy (non-hydrogen) atoms. The van der Waals surface area contributed by atoms with E-state index in [1.807, 2.05) is 24.3 Å². The third kappa shape index (κ3) is 3.57. The molecule has 2 nitrogen and oxygen atoms in total. The van der Waals surface area contributed by atoms with E-state index < -0.39 is 0 Å². The predicted molar refractivity (Wildman–Crippen MR) is 70.3 cm³/mol. The van der Waals surface area contributed by atoms with Gasteiger partial charge in [-0.2, -0.15) is 0 Å². The number of benzene rings is 2. The SMILES string of the molecule is CCNCc1ccc(Oc2ccc(F)cc2)cc1. The average molecular weight is 245 g/mol. The molecular formula is C15H16FNO. The fourth-order valence-corrected chi connectivity index (χ4v) is 1.58. The highest BCUT2D eigenvalue weighted by molar-refractivity contribution is 5.33. The van der Waals surface area contributed by atoms with Crippen LogP contribution >= 0.6 is 0 Å². The molecule has 0 saturated heterocycles. The Morgan fingerprint density at radius 2 is 1.50 bits per heavy atom. The second-order valence-electron chi connectivity index (χ2n) is 3.98. The summed E-state index contributed by atoms with van der Waals surface area (Å²) in [4.78, 5) is 0. The zero-order chi connectivity index (χ0) is 12.8. The third-order valence-electron chi connectivity index (χ3n) is 2.55. The van der Waals surface area contributed by atoms with Crippen LogP contribution in [0.4, 0.5) is 4.39 Å². The predicted octanol–water partition coefficient (Wildman–Crippen LogP) is 3.73. The fourth-order valence-electron chi connectivity index (χ4n) is 1.58. The van der Waals surface area contributed by atoms with Crippen LogP contribution in [-0.4, -0.2) is 6.54 Å². The molecule has 0 aliphatic rings. The van der Waals surface area contributed by atoms with Gasteiger partial charge in [0.25, 0.3) is 0 Å². The zero-order valence-electron chi connectivity index (χ0n) is 10.3. The second-order valence-corrected chi connectivity index (χ2v) is 3.98. The van der Waals surface area contributed by atoms with Crippen molar-refractivity contribution in [2.75, 3.05) is 6.54 Å². The number of ether oxygens (including phenoxy) is 1. The minimum Gasteiger partial charge on any atom is -0.457 e. The minimum absolute atomic E-state index is 0.261. The van der Waals surface area contributed by atoms with Gasteiger partial charge in [0.1, 0.15) is 17.3 Å². The third-order valence-corrected chi connectivity index (χ3v) is 2.55.